The Morgan fingerprint density at radius 1 is 0.661 bits per heavy atom. The average Bonchev–Trinajstić information content (AvgIpc) is 1.57. The number of para-hydroxylation sites is 1. The number of rotatable bonds is 28. The SMILES string of the molecule is CC(C)CCC[C@@H](C)[C@H]1CC[C@H]2[C@@H]3CC=C4CC[C@@H](OC(=O)NCCCC[C@@H]5NC(=O)[C@H](Cc6c[nH]c7ccccc67)NC(=O)[C@H](Cc6ccccc6)NC(=O)[C@@H](NC(=O)[C@H](Cc6ccccc6)NC(=O)[C@H]6CCCN6C(=O)[C@@H]6CCCN6C(=O)c6cccc[n+]6C)CSSC[C@@H](C(=O)N[C@H](CO)[C@@H](C)O)NC(=O)[C@@H]([C@@H](C)O)NC5=O)C[C@]4(C)[C@H]3CC[C@]12C. The summed E-state index contributed by atoms with van der Waals surface area (Å²) in [6.07, 6.45) is 15.9. The van der Waals surface area contributed by atoms with Crippen LogP contribution >= 0.6 is 21.6 Å². The zero-order valence-electron chi connectivity index (χ0n) is 73.0. The van der Waals surface area contributed by atoms with Crippen molar-refractivity contribution in [2.24, 2.45) is 53.4 Å². The predicted molar refractivity (Wildman–Crippen MR) is 475 cm³/mol. The number of aliphatic hydroxyl groups is 3. The van der Waals surface area contributed by atoms with E-state index < -0.39 is 138 Å². The number of nitrogens with zero attached hydrogens (tertiary/aromatic N) is 3. The quantitative estimate of drug-likeness (QED) is 0.00989. The Morgan fingerprint density at radius 2 is 1.33 bits per heavy atom. The van der Waals surface area contributed by atoms with E-state index in [-0.39, 0.29) is 87.0 Å². The molecule has 28 nitrogen and oxygen atoms in total. The van der Waals surface area contributed by atoms with Crippen LogP contribution in [0.1, 0.15) is 191 Å². The van der Waals surface area contributed by atoms with Crippen LogP contribution in [0.2, 0.25) is 0 Å². The second-order valence-corrected chi connectivity index (χ2v) is 39.2. The lowest BCUT2D eigenvalue weighted by molar-refractivity contribution is -0.673. The molecule has 3 saturated heterocycles. The number of H-pyrrole nitrogens is 1. The predicted octanol–water partition coefficient (Wildman–Crippen LogP) is 7.65. The van der Waals surface area contributed by atoms with E-state index in [1.165, 1.54) is 69.3 Å². The van der Waals surface area contributed by atoms with E-state index in [1.807, 2.05) is 24.3 Å². The molecule has 5 heterocycles. The second kappa shape index (κ2) is 43.2. The standard InChI is InChI=1S/C94H129N13O15S2/c1-56(2)24-21-25-57(3)67-40-41-68-66-39-37-63-36-38-64(51-94(63,7)69(66)42-43-93(67,68)6)122-92(121)95-44-19-17-32-71-82(111)104-81(59(5)110)89(118)103-77(87(116)101-75(53-108)58(4)109)55-124-123-54-76(86(115)98-72(48-60-26-11-9-12-27-60)83(112)99-74(85(114)97-71)50-62-52-96-70-31-16-15-30-65(62)70)102-84(113)73(49-61-28-13-10-14-29-61)100-88(117)78-34-22-46-106(78)91(120)80-35-23-47-107(80)90(119)79-33-18-20-45-105(79)8/h9-16,18,20,26-31,33,37,45,52,56-59,64,66-69,71-78,80-81,96,108-110H,17,19,21-25,32,34-36,38-44,46-51,53-55H2,1-8H3,(H8-,95,97,98,99,100,101,102,103,104,111,112,113,114,115,116,117,118,121)/p+1/t57-,58-,59-,64-,66+,67-,68+,69+,71+,72+,73+,74+,75-,76+,77+,78-,80+,81-,93-,94+/m1/s1. The molecule has 3 saturated carbocycles. The van der Waals surface area contributed by atoms with Crippen LogP contribution in [0, 0.1) is 46.3 Å². The van der Waals surface area contributed by atoms with E-state index in [9.17, 15) is 44.1 Å². The minimum absolute atomic E-state index is 0.0917. The fourth-order valence-corrected chi connectivity index (χ4v) is 23.3. The zero-order valence-corrected chi connectivity index (χ0v) is 74.6. The van der Waals surface area contributed by atoms with Crippen LogP contribution in [-0.2, 0) is 74.2 Å². The lowest BCUT2D eigenvalue weighted by Gasteiger charge is -2.58. The van der Waals surface area contributed by atoms with Crippen molar-refractivity contribution in [2.45, 2.75) is 262 Å². The first-order valence-electron chi connectivity index (χ1n) is 45.0. The molecule has 0 spiro atoms. The van der Waals surface area contributed by atoms with Gasteiger partial charge in [0.2, 0.25) is 53.2 Å². The third-order valence-corrected chi connectivity index (χ3v) is 30.2. The number of unbranched alkanes of at least 4 members (excludes halogenated alkanes) is 1. The molecule has 3 aromatic carbocycles. The molecule has 13 N–H and O–H groups in total. The van der Waals surface area contributed by atoms with Gasteiger partial charge in [-0.2, -0.15) is 4.57 Å². The number of allylic oxidation sites excluding steroid dienone is 2. The van der Waals surface area contributed by atoms with Crippen LogP contribution in [0.25, 0.3) is 10.9 Å². The molecule has 20 atom stereocenters. The third-order valence-electron chi connectivity index (χ3n) is 27.8. The minimum atomic E-state index is -1.80. The lowest BCUT2D eigenvalue weighted by atomic mass is 9.47. The van der Waals surface area contributed by atoms with Gasteiger partial charge in [-0.25, -0.2) is 4.79 Å². The van der Waals surface area contributed by atoms with E-state index in [0.29, 0.717) is 101 Å². The number of alkyl carbamates (subject to hydrolysis) is 1. The van der Waals surface area contributed by atoms with Gasteiger partial charge in [0.1, 0.15) is 67.5 Å². The second-order valence-electron chi connectivity index (χ2n) is 36.7. The summed E-state index contributed by atoms with van der Waals surface area (Å²) < 4.78 is 7.98. The molecule has 7 aliphatic rings. The summed E-state index contributed by atoms with van der Waals surface area (Å²) >= 11 is 0. The highest BCUT2D eigenvalue weighted by Crippen LogP contribution is 2.67. The molecule has 0 bridgehead atoms. The topological polar surface area (TPSA) is 392 Å². The Kier molecular flexibility index (Phi) is 32.7. The number of carbonyl (C=O) groups is 11. The van der Waals surface area contributed by atoms with Crippen LogP contribution in [0.5, 0.6) is 0 Å². The van der Waals surface area contributed by atoms with Crippen LogP contribution in [-0.4, -0.2) is 212 Å². The number of amides is 11. The number of aliphatic hydroxyl groups excluding tert-OH is 3. The summed E-state index contributed by atoms with van der Waals surface area (Å²) in [4.78, 5) is 171. The van der Waals surface area contributed by atoms with Gasteiger partial charge in [0.25, 0.3) is 5.69 Å². The smallest absolute Gasteiger partial charge is 0.407 e. The number of hydrogen-bond donors (Lipinski definition) is 13. The lowest BCUT2D eigenvalue weighted by Crippen LogP contribution is -2.62. The summed E-state index contributed by atoms with van der Waals surface area (Å²) in [6.45, 7) is 14.7. The van der Waals surface area contributed by atoms with Crippen molar-refractivity contribution in [3.63, 3.8) is 0 Å². The van der Waals surface area contributed by atoms with E-state index in [4.69, 9.17) is 4.74 Å². The molecule has 3 aliphatic heterocycles. The van der Waals surface area contributed by atoms with Gasteiger partial charge >= 0.3 is 12.0 Å². The molecule has 0 unspecified atom stereocenters. The molecule has 4 aliphatic carbocycles. The number of aromatic amines is 1. The third kappa shape index (κ3) is 23.1. The van der Waals surface area contributed by atoms with Gasteiger partial charge in [0.15, 0.2) is 6.20 Å². The van der Waals surface area contributed by atoms with Crippen LogP contribution < -0.4 is 52.4 Å². The number of ether oxygens (including phenoxy) is 1. The summed E-state index contributed by atoms with van der Waals surface area (Å²) in [5.41, 5.74) is 4.61. The monoisotopic (exact) mass is 1740 g/mol. The molecule has 2 aromatic heterocycles. The van der Waals surface area contributed by atoms with Gasteiger partial charge in [-0.15, -0.1) is 0 Å². The molecule has 124 heavy (non-hydrogen) atoms. The number of benzene rings is 3. The molecule has 6 fully saturated rings. The number of aryl methyl sites for hydroxylation is 1. The summed E-state index contributed by atoms with van der Waals surface area (Å²) in [7, 11) is 3.67. The molecular formula is C94H130N13O15S2+. The zero-order chi connectivity index (χ0) is 88.5. The summed E-state index contributed by atoms with van der Waals surface area (Å²) in [6, 6.07) is 16.2. The molecular weight excluding hydrogens is 1620 g/mol. The van der Waals surface area contributed by atoms with Crippen LogP contribution in [0.3, 0.4) is 0 Å². The molecule has 5 aromatic rings. The minimum Gasteiger partial charge on any atom is -0.446 e. The van der Waals surface area contributed by atoms with E-state index in [1.54, 1.807) is 108 Å². The highest BCUT2D eigenvalue weighted by atomic mass is 33.1. The number of aromatic nitrogens is 2. The van der Waals surface area contributed by atoms with Crippen molar-refractivity contribution in [3.05, 3.63) is 150 Å². The van der Waals surface area contributed by atoms with Crippen molar-refractivity contribution in [1.29, 1.82) is 0 Å². The van der Waals surface area contributed by atoms with Gasteiger partial charge in [-0.3, -0.25) is 47.9 Å². The van der Waals surface area contributed by atoms with E-state index in [0.717, 1.165) is 46.8 Å². The van der Waals surface area contributed by atoms with Crippen molar-refractivity contribution >= 4 is 97.7 Å². The fraction of sp³-hybridized carbons (Fsp3) is 0.596. The van der Waals surface area contributed by atoms with Gasteiger partial charge < -0.3 is 82.7 Å². The first-order chi connectivity index (χ1) is 59.5. The van der Waals surface area contributed by atoms with Crippen molar-refractivity contribution in [3.8, 4) is 0 Å². The first kappa shape index (κ1) is 93.8. The van der Waals surface area contributed by atoms with Crippen LogP contribution in [0.4, 0.5) is 4.79 Å². The number of nitrogens with one attached hydrogen (secondary N) is 10. The number of likely N-dealkylation sites (tertiary alicyclic amines) is 2. The molecule has 672 valence electrons. The molecule has 12 rings (SSSR count). The highest BCUT2D eigenvalue weighted by Gasteiger charge is 2.60. The largest absolute Gasteiger partial charge is 0.446 e. The van der Waals surface area contributed by atoms with E-state index in [2.05, 4.69) is 93.5 Å². The Hall–Kier alpha value is -9.36. The van der Waals surface area contributed by atoms with Gasteiger partial charge in [0.05, 0.1) is 24.9 Å². The number of pyridine rings is 1. The maximum Gasteiger partial charge on any atom is 0.407 e. The molecule has 0 radical (unpaired) electrons. The number of hydrogen-bond acceptors (Lipinski definition) is 17. The van der Waals surface area contributed by atoms with E-state index >= 15 is 24.0 Å². The Morgan fingerprint density at radius 3 is 2.05 bits per heavy atom. The van der Waals surface area contributed by atoms with Crippen molar-refractivity contribution in [2.75, 3.05) is 37.7 Å². The average molecular weight is 1750 g/mol. The maximum atomic E-state index is 15.6. The summed E-state index contributed by atoms with van der Waals surface area (Å²) in [5.74, 6) is -4.44. The molecule has 11 amide bonds. The maximum absolute atomic E-state index is 15.6. The summed E-state index contributed by atoms with van der Waals surface area (Å²) in [5, 5.41) is 58.4. The normalized spacial score (nSPS) is 28.4. The molecule has 30 heteroatoms. The first-order valence-corrected chi connectivity index (χ1v) is 47.5. The Labute approximate surface area is 736 Å². The Bertz CT molecular complexity index is 4590. The van der Waals surface area contributed by atoms with Crippen molar-refractivity contribution < 1.29 is 77.4 Å². The fourth-order valence-electron chi connectivity index (χ4n) is 20.9. The number of carbonyl (C=O) groups excluding carboxylic acids is 11. The van der Waals surface area contributed by atoms with Crippen LogP contribution in [0.15, 0.2) is 127 Å². The van der Waals surface area contributed by atoms with Gasteiger partial charge in [0, 0.05) is 79.6 Å². The number of fused-ring (bicyclic) bond motifs is 6. The Balaban J connectivity index is 0.789. The van der Waals surface area contributed by atoms with Crippen molar-refractivity contribution in [1.82, 2.24) is 62.6 Å². The van der Waals surface area contributed by atoms with Gasteiger partial charge in [-0.05, 0) is 185 Å². The van der Waals surface area contributed by atoms with Gasteiger partial charge in [-0.1, -0.05) is 166 Å². The highest BCUT2D eigenvalue weighted by molar-refractivity contribution is 8.76.